The van der Waals surface area contributed by atoms with Crippen LogP contribution in [0.2, 0.25) is 0 Å². The van der Waals surface area contributed by atoms with Gasteiger partial charge in [-0.05, 0) is 63.3 Å². The molecule has 1 aliphatic carbocycles. The molecule has 0 spiro atoms. The van der Waals surface area contributed by atoms with Crippen molar-refractivity contribution in [2.45, 2.75) is 38.6 Å². The highest BCUT2D eigenvalue weighted by Crippen LogP contribution is 2.34. The predicted molar refractivity (Wildman–Crippen MR) is 129 cm³/mol. The summed E-state index contributed by atoms with van der Waals surface area (Å²) in [5.41, 5.74) is 2.55. The Bertz CT molecular complexity index is 1270. The molecule has 1 aromatic heterocycles. The van der Waals surface area contributed by atoms with Gasteiger partial charge in [-0.15, -0.1) is 0 Å². The zero-order chi connectivity index (χ0) is 23.4. The van der Waals surface area contributed by atoms with Gasteiger partial charge in [0.25, 0.3) is 5.91 Å². The maximum atomic E-state index is 13.2. The maximum Gasteiger partial charge on any atom is 0.255 e. The Kier molecular flexibility index (Phi) is 4.83. The summed E-state index contributed by atoms with van der Waals surface area (Å²) in [7, 11) is 0. The van der Waals surface area contributed by atoms with E-state index in [1.54, 1.807) is 0 Å². The molecule has 7 heteroatoms. The SMILES string of the molecule is CC1(C)N=C(c2ccc(-c3nc4ccccc4o3)cc2)N(CC2CCN(C(=O)C3CC3)C2)C1=O. The van der Waals surface area contributed by atoms with Crippen LogP contribution in [0.3, 0.4) is 0 Å². The number of aliphatic imine (C=N–C) groups is 1. The molecule has 3 aromatic rings. The summed E-state index contributed by atoms with van der Waals surface area (Å²) in [6.45, 7) is 5.82. The number of hydrogen-bond donors (Lipinski definition) is 0. The van der Waals surface area contributed by atoms with Gasteiger partial charge in [-0.1, -0.05) is 24.3 Å². The number of benzene rings is 2. The van der Waals surface area contributed by atoms with Crippen LogP contribution in [-0.4, -0.2) is 57.6 Å². The Morgan fingerprint density at radius 2 is 1.79 bits per heavy atom. The van der Waals surface area contributed by atoms with E-state index >= 15 is 0 Å². The fourth-order valence-corrected chi connectivity index (χ4v) is 4.98. The van der Waals surface area contributed by atoms with Crippen LogP contribution in [0.5, 0.6) is 0 Å². The summed E-state index contributed by atoms with van der Waals surface area (Å²) in [6.07, 6.45) is 2.97. The Hall–Kier alpha value is -3.48. The quantitative estimate of drug-likeness (QED) is 0.579. The van der Waals surface area contributed by atoms with Gasteiger partial charge in [0.05, 0.1) is 0 Å². The summed E-state index contributed by atoms with van der Waals surface area (Å²) < 4.78 is 5.89. The molecule has 2 fully saturated rings. The van der Waals surface area contributed by atoms with E-state index in [0.29, 0.717) is 24.2 Å². The van der Waals surface area contributed by atoms with Crippen molar-refractivity contribution in [1.82, 2.24) is 14.8 Å². The summed E-state index contributed by atoms with van der Waals surface area (Å²) >= 11 is 0. The topological polar surface area (TPSA) is 79.0 Å². The molecule has 2 aliphatic heterocycles. The van der Waals surface area contributed by atoms with Gasteiger partial charge >= 0.3 is 0 Å². The number of carbonyl (C=O) groups excluding carboxylic acids is 2. The van der Waals surface area contributed by atoms with Gasteiger partial charge in [0.15, 0.2) is 5.58 Å². The highest BCUT2D eigenvalue weighted by atomic mass is 16.3. The van der Waals surface area contributed by atoms with E-state index < -0.39 is 5.54 Å². The lowest BCUT2D eigenvalue weighted by atomic mass is 10.0. The minimum Gasteiger partial charge on any atom is -0.436 e. The van der Waals surface area contributed by atoms with Gasteiger partial charge in [0.2, 0.25) is 11.8 Å². The molecule has 0 N–H and O–H groups in total. The number of nitrogens with zero attached hydrogens (tertiary/aromatic N) is 4. The zero-order valence-electron chi connectivity index (χ0n) is 19.5. The number of amidine groups is 1. The van der Waals surface area contributed by atoms with Crippen LogP contribution in [0.4, 0.5) is 0 Å². The number of aromatic nitrogens is 1. The van der Waals surface area contributed by atoms with Crippen molar-refractivity contribution in [3.05, 3.63) is 54.1 Å². The summed E-state index contributed by atoms with van der Waals surface area (Å²) in [4.78, 5) is 38.9. The van der Waals surface area contributed by atoms with Crippen LogP contribution in [0.15, 0.2) is 57.9 Å². The number of para-hydroxylation sites is 2. The number of likely N-dealkylation sites (tertiary alicyclic amines) is 1. The highest BCUT2D eigenvalue weighted by Gasteiger charge is 2.43. The normalized spacial score (nSPS) is 22.0. The molecule has 2 amide bonds. The molecule has 6 rings (SSSR count). The number of oxazole rings is 1. The third-order valence-corrected chi connectivity index (χ3v) is 7.06. The van der Waals surface area contributed by atoms with Crippen LogP contribution < -0.4 is 0 Å². The molecule has 3 heterocycles. The fraction of sp³-hybridized carbons (Fsp3) is 0.407. The molecule has 2 aromatic carbocycles. The van der Waals surface area contributed by atoms with Gasteiger partial charge < -0.3 is 9.32 Å². The monoisotopic (exact) mass is 456 g/mol. The molecule has 1 unspecified atom stereocenters. The second kappa shape index (κ2) is 7.79. The van der Waals surface area contributed by atoms with Crippen LogP contribution in [-0.2, 0) is 9.59 Å². The minimum atomic E-state index is -0.795. The van der Waals surface area contributed by atoms with E-state index in [1.165, 1.54) is 0 Å². The predicted octanol–water partition coefficient (Wildman–Crippen LogP) is 4.12. The van der Waals surface area contributed by atoms with E-state index in [2.05, 4.69) is 4.98 Å². The number of fused-ring (bicyclic) bond motifs is 1. The van der Waals surface area contributed by atoms with E-state index in [9.17, 15) is 9.59 Å². The molecular formula is C27H28N4O3. The minimum absolute atomic E-state index is 0.0116. The molecule has 1 atom stereocenters. The van der Waals surface area contributed by atoms with E-state index in [-0.39, 0.29) is 17.7 Å². The van der Waals surface area contributed by atoms with Crippen LogP contribution in [0.25, 0.3) is 22.6 Å². The molecule has 7 nitrogen and oxygen atoms in total. The van der Waals surface area contributed by atoms with Crippen LogP contribution in [0.1, 0.15) is 38.7 Å². The molecule has 3 aliphatic rings. The average molecular weight is 457 g/mol. The first-order chi connectivity index (χ1) is 16.4. The largest absolute Gasteiger partial charge is 0.436 e. The van der Waals surface area contributed by atoms with Crippen molar-refractivity contribution in [1.29, 1.82) is 0 Å². The van der Waals surface area contributed by atoms with E-state index in [0.717, 1.165) is 54.6 Å². The van der Waals surface area contributed by atoms with Crippen molar-refractivity contribution in [2.24, 2.45) is 16.8 Å². The molecule has 0 radical (unpaired) electrons. The second-order valence-corrected chi connectivity index (χ2v) is 10.2. The van der Waals surface area contributed by atoms with Gasteiger partial charge in [-0.2, -0.15) is 0 Å². The van der Waals surface area contributed by atoms with Crippen molar-refractivity contribution < 1.29 is 14.0 Å². The lowest BCUT2D eigenvalue weighted by molar-refractivity contribution is -0.131. The van der Waals surface area contributed by atoms with Gasteiger partial charge in [0, 0.05) is 36.7 Å². The lowest BCUT2D eigenvalue weighted by Gasteiger charge is -2.24. The molecule has 174 valence electrons. The Balaban J connectivity index is 1.22. The lowest BCUT2D eigenvalue weighted by Crippen LogP contribution is -2.42. The van der Waals surface area contributed by atoms with Gasteiger partial charge in [-0.3, -0.25) is 19.5 Å². The first-order valence-electron chi connectivity index (χ1n) is 12.1. The number of carbonyl (C=O) groups is 2. The maximum absolute atomic E-state index is 13.2. The van der Waals surface area contributed by atoms with E-state index in [4.69, 9.17) is 9.41 Å². The van der Waals surface area contributed by atoms with E-state index in [1.807, 2.05) is 72.2 Å². The van der Waals surface area contributed by atoms with Crippen molar-refractivity contribution in [3.8, 4) is 11.5 Å². The summed E-state index contributed by atoms with van der Waals surface area (Å²) in [5, 5.41) is 0. The molecule has 1 saturated carbocycles. The Morgan fingerprint density at radius 3 is 2.53 bits per heavy atom. The van der Waals surface area contributed by atoms with Gasteiger partial charge in [-0.25, -0.2) is 4.98 Å². The third-order valence-electron chi connectivity index (χ3n) is 7.06. The third kappa shape index (κ3) is 3.69. The van der Waals surface area contributed by atoms with Crippen molar-refractivity contribution in [2.75, 3.05) is 19.6 Å². The van der Waals surface area contributed by atoms with Crippen LogP contribution >= 0.6 is 0 Å². The summed E-state index contributed by atoms with van der Waals surface area (Å²) in [5.74, 6) is 2.08. The second-order valence-electron chi connectivity index (χ2n) is 10.2. The smallest absolute Gasteiger partial charge is 0.255 e. The fourth-order valence-electron chi connectivity index (χ4n) is 4.98. The standard InChI is InChI=1S/C27H28N4O3/c1-27(2)26(33)31(16-17-13-14-30(15-17)25(32)20-11-12-20)23(29-27)18-7-9-19(10-8-18)24-28-21-5-3-4-6-22(21)34-24/h3-10,17,20H,11-16H2,1-2H3. The number of amides is 2. The zero-order valence-corrected chi connectivity index (χ0v) is 19.5. The molecule has 34 heavy (non-hydrogen) atoms. The summed E-state index contributed by atoms with van der Waals surface area (Å²) in [6, 6.07) is 15.6. The number of hydrogen-bond acceptors (Lipinski definition) is 5. The average Bonchev–Trinajstić information content (AvgIpc) is 3.35. The molecular weight excluding hydrogens is 428 g/mol. The molecule has 0 bridgehead atoms. The van der Waals surface area contributed by atoms with Crippen LogP contribution in [0, 0.1) is 11.8 Å². The van der Waals surface area contributed by atoms with Crippen molar-refractivity contribution >= 4 is 28.7 Å². The highest BCUT2D eigenvalue weighted by molar-refractivity contribution is 6.15. The van der Waals surface area contributed by atoms with Gasteiger partial charge in [0.1, 0.15) is 16.9 Å². The van der Waals surface area contributed by atoms with Crippen molar-refractivity contribution in [3.63, 3.8) is 0 Å². The number of rotatable bonds is 5. The Morgan fingerprint density at radius 1 is 1.06 bits per heavy atom. The Labute approximate surface area is 198 Å². The first kappa shape index (κ1) is 21.1. The first-order valence-corrected chi connectivity index (χ1v) is 12.1. The molecule has 1 saturated heterocycles.